The molecule has 2 aliphatic rings. The van der Waals surface area contributed by atoms with E-state index in [1.54, 1.807) is 7.11 Å². The van der Waals surface area contributed by atoms with Gasteiger partial charge in [0.15, 0.2) is 0 Å². The molecule has 2 aromatic carbocycles. The number of aromatic nitrogens is 2. The number of nitrogens with zero attached hydrogens (tertiary/aromatic N) is 4. The summed E-state index contributed by atoms with van der Waals surface area (Å²) < 4.78 is 6.46. The van der Waals surface area contributed by atoms with Crippen LogP contribution in [0, 0.1) is 5.92 Å². The first-order chi connectivity index (χ1) is 18.9. The van der Waals surface area contributed by atoms with Crippen LogP contribution in [0.1, 0.15) is 46.4 Å². The van der Waals surface area contributed by atoms with E-state index in [0.717, 1.165) is 53.7 Å². The molecule has 9 heteroatoms. The number of likely N-dealkylation sites (tertiary alicyclic amines) is 1. The van der Waals surface area contributed by atoms with Crippen molar-refractivity contribution < 1.29 is 19.4 Å². The van der Waals surface area contributed by atoms with E-state index in [0.29, 0.717) is 43.4 Å². The number of hydrogen-bond acceptors (Lipinski definition) is 6. The fraction of sp³-hybridized carbons (Fsp3) is 0.400. The molecule has 204 valence electrons. The maximum Gasteiger partial charge on any atom is 0.339 e. The quantitative estimate of drug-likeness (QED) is 0.401. The Balaban J connectivity index is 1.34. The predicted octanol–water partition coefficient (Wildman–Crippen LogP) is 4.79. The van der Waals surface area contributed by atoms with Gasteiger partial charge >= 0.3 is 5.97 Å². The molecular weight excluding hydrogens is 560 g/mol. The highest BCUT2D eigenvalue weighted by atomic mass is 79.9. The van der Waals surface area contributed by atoms with Crippen molar-refractivity contribution in [2.24, 2.45) is 5.92 Å². The molecule has 0 saturated carbocycles. The number of aromatic carboxylic acids is 1. The molecule has 0 bridgehead atoms. The van der Waals surface area contributed by atoms with Crippen LogP contribution < -0.4 is 9.64 Å². The lowest BCUT2D eigenvalue weighted by molar-refractivity contribution is -0.132. The molecule has 1 aromatic heterocycles. The van der Waals surface area contributed by atoms with Gasteiger partial charge in [-0.2, -0.15) is 0 Å². The number of aryl methyl sites for hydroxylation is 2. The number of para-hydroxylation sites is 1. The number of methoxy groups -OCH3 is 1. The minimum atomic E-state index is -1.02. The second-order valence-corrected chi connectivity index (χ2v) is 11.2. The maximum atomic E-state index is 13.5. The topological polar surface area (TPSA) is 95.9 Å². The third-order valence-corrected chi connectivity index (χ3v) is 8.29. The molecule has 0 unspecified atom stereocenters. The fourth-order valence-corrected chi connectivity index (χ4v) is 6.26. The van der Waals surface area contributed by atoms with E-state index in [2.05, 4.69) is 25.8 Å². The van der Waals surface area contributed by atoms with Crippen LogP contribution in [0.4, 0.5) is 5.95 Å². The first-order valence-corrected chi connectivity index (χ1v) is 14.2. The summed E-state index contributed by atoms with van der Waals surface area (Å²) in [6.45, 7) is 2.13. The minimum Gasteiger partial charge on any atom is -0.496 e. The highest BCUT2D eigenvalue weighted by molar-refractivity contribution is 9.10. The summed E-state index contributed by atoms with van der Waals surface area (Å²) >= 11 is 3.50. The fourth-order valence-electron chi connectivity index (χ4n) is 5.82. The van der Waals surface area contributed by atoms with Crippen LogP contribution in [0.5, 0.6) is 5.75 Å². The predicted molar refractivity (Wildman–Crippen MR) is 152 cm³/mol. The number of carbonyl (C=O) groups excluding carboxylic acids is 1. The van der Waals surface area contributed by atoms with Crippen molar-refractivity contribution in [3.05, 3.63) is 81.6 Å². The zero-order valence-corrected chi connectivity index (χ0v) is 23.6. The highest BCUT2D eigenvalue weighted by Crippen LogP contribution is 2.33. The molecule has 39 heavy (non-hydrogen) atoms. The van der Waals surface area contributed by atoms with Crippen LogP contribution in [-0.2, 0) is 24.1 Å². The SMILES string of the molecule is COc1ccccc1CC(=O)N1CCCC[C@H]2CN(c3ncc(C(=O)O)c(CCc4cccc(Br)c4)n3)C[C@@H]21. The number of carbonyl (C=O) groups is 2. The van der Waals surface area contributed by atoms with Crippen molar-refractivity contribution in [3.8, 4) is 5.75 Å². The van der Waals surface area contributed by atoms with E-state index in [9.17, 15) is 14.7 Å². The minimum absolute atomic E-state index is 0.0718. The number of carboxylic acid groups (broad SMARTS) is 1. The first-order valence-electron chi connectivity index (χ1n) is 13.4. The van der Waals surface area contributed by atoms with E-state index >= 15 is 0 Å². The summed E-state index contributed by atoms with van der Waals surface area (Å²) in [5, 5.41) is 9.76. The van der Waals surface area contributed by atoms with E-state index < -0.39 is 5.97 Å². The van der Waals surface area contributed by atoms with Gasteiger partial charge in [0.05, 0.1) is 30.8 Å². The Morgan fingerprint density at radius 3 is 2.74 bits per heavy atom. The van der Waals surface area contributed by atoms with Crippen LogP contribution in [-0.4, -0.2) is 64.6 Å². The third-order valence-electron chi connectivity index (χ3n) is 7.79. The normalized spacial score (nSPS) is 18.9. The summed E-state index contributed by atoms with van der Waals surface area (Å²) in [7, 11) is 1.63. The Morgan fingerprint density at radius 2 is 1.95 bits per heavy atom. The lowest BCUT2D eigenvalue weighted by Gasteiger charge is -2.30. The van der Waals surface area contributed by atoms with Gasteiger partial charge in [-0.3, -0.25) is 4.79 Å². The second kappa shape index (κ2) is 12.2. The molecule has 0 radical (unpaired) electrons. The number of amides is 1. The second-order valence-electron chi connectivity index (χ2n) is 10.3. The van der Waals surface area contributed by atoms with Gasteiger partial charge in [-0.25, -0.2) is 14.8 Å². The number of rotatable bonds is 8. The summed E-state index contributed by atoms with van der Waals surface area (Å²) in [5.74, 6) is 0.671. The highest BCUT2D eigenvalue weighted by Gasteiger charge is 2.40. The number of benzene rings is 2. The van der Waals surface area contributed by atoms with E-state index in [4.69, 9.17) is 9.72 Å². The monoisotopic (exact) mass is 592 g/mol. The number of anilines is 1. The number of hydrogen-bond donors (Lipinski definition) is 1. The van der Waals surface area contributed by atoms with E-state index in [1.165, 1.54) is 6.20 Å². The van der Waals surface area contributed by atoms with Gasteiger partial charge in [0, 0.05) is 35.9 Å². The van der Waals surface area contributed by atoms with Crippen molar-refractivity contribution in [1.82, 2.24) is 14.9 Å². The molecule has 8 nitrogen and oxygen atoms in total. The molecule has 5 rings (SSSR count). The van der Waals surface area contributed by atoms with Crippen molar-refractivity contribution >= 4 is 33.8 Å². The van der Waals surface area contributed by atoms with Crippen molar-refractivity contribution in [3.63, 3.8) is 0 Å². The van der Waals surface area contributed by atoms with Gasteiger partial charge in [-0.05, 0) is 55.4 Å². The van der Waals surface area contributed by atoms with Crippen molar-refractivity contribution in [2.75, 3.05) is 31.6 Å². The van der Waals surface area contributed by atoms with Crippen LogP contribution in [0.2, 0.25) is 0 Å². The average molecular weight is 594 g/mol. The number of ether oxygens (including phenoxy) is 1. The largest absolute Gasteiger partial charge is 0.496 e. The molecule has 2 atom stereocenters. The summed E-state index contributed by atoms with van der Waals surface area (Å²) in [6, 6.07) is 15.7. The Bertz CT molecular complexity index is 1350. The third kappa shape index (κ3) is 6.24. The van der Waals surface area contributed by atoms with Gasteiger partial charge in [0.25, 0.3) is 0 Å². The first kappa shape index (κ1) is 27.1. The summed E-state index contributed by atoms with van der Waals surface area (Å²) in [5.41, 5.74) is 2.66. The van der Waals surface area contributed by atoms with Crippen molar-refractivity contribution in [1.29, 1.82) is 0 Å². The molecule has 3 aromatic rings. The standard InChI is InChI=1S/C30H33BrN4O4/c1-39-27-11-3-2-8-21(27)16-28(36)35-14-5-4-9-22-18-34(19-26(22)35)30-32-17-24(29(37)38)25(33-30)13-12-20-7-6-10-23(31)15-20/h2-3,6-8,10-11,15,17,22,26H,4-5,9,12-14,16,18-19H2,1H3,(H,37,38)/t22-,26-/m0/s1. The summed E-state index contributed by atoms with van der Waals surface area (Å²) in [6.07, 6.45) is 6.02. The van der Waals surface area contributed by atoms with Gasteiger partial charge in [-0.15, -0.1) is 0 Å². The lowest BCUT2D eigenvalue weighted by Crippen LogP contribution is -2.45. The zero-order valence-electron chi connectivity index (χ0n) is 22.1. The van der Waals surface area contributed by atoms with Crippen LogP contribution >= 0.6 is 15.9 Å². The molecule has 2 fully saturated rings. The lowest BCUT2D eigenvalue weighted by atomic mass is 9.98. The van der Waals surface area contributed by atoms with Gasteiger partial charge < -0.3 is 19.6 Å². The molecule has 2 aliphatic heterocycles. The van der Waals surface area contributed by atoms with Crippen LogP contribution in [0.3, 0.4) is 0 Å². The van der Waals surface area contributed by atoms with E-state index in [-0.39, 0.29) is 17.5 Å². The molecule has 0 spiro atoms. The number of fused-ring (bicyclic) bond motifs is 1. The van der Waals surface area contributed by atoms with E-state index in [1.807, 2.05) is 53.4 Å². The van der Waals surface area contributed by atoms with Gasteiger partial charge in [0.2, 0.25) is 11.9 Å². The molecule has 2 saturated heterocycles. The number of carboxylic acids is 1. The molecule has 1 N–H and O–H groups in total. The zero-order chi connectivity index (χ0) is 27.4. The van der Waals surface area contributed by atoms with Gasteiger partial charge in [0.1, 0.15) is 5.75 Å². The number of halogens is 1. The van der Waals surface area contributed by atoms with Crippen LogP contribution in [0.25, 0.3) is 0 Å². The molecular formula is C30H33BrN4O4. The Kier molecular flexibility index (Phi) is 8.45. The maximum absolute atomic E-state index is 13.5. The molecule has 3 heterocycles. The Hall–Kier alpha value is -3.46. The van der Waals surface area contributed by atoms with Crippen molar-refractivity contribution in [2.45, 2.75) is 44.6 Å². The Morgan fingerprint density at radius 1 is 1.10 bits per heavy atom. The smallest absolute Gasteiger partial charge is 0.339 e. The summed E-state index contributed by atoms with van der Waals surface area (Å²) in [4.78, 5) is 38.9. The van der Waals surface area contributed by atoms with Crippen LogP contribution in [0.15, 0.2) is 59.2 Å². The average Bonchev–Trinajstić information content (AvgIpc) is 3.25. The molecule has 1 amide bonds. The Labute approximate surface area is 237 Å². The molecule has 0 aliphatic carbocycles. The van der Waals surface area contributed by atoms with Gasteiger partial charge in [-0.1, -0.05) is 52.7 Å².